The van der Waals surface area contributed by atoms with E-state index in [0.717, 1.165) is 36.9 Å². The highest BCUT2D eigenvalue weighted by atomic mass is 15.3. The van der Waals surface area contributed by atoms with E-state index in [-0.39, 0.29) is 5.92 Å². The van der Waals surface area contributed by atoms with Crippen LogP contribution in [0.3, 0.4) is 0 Å². The fraction of sp³-hybridized carbons (Fsp3) is 0.233. The van der Waals surface area contributed by atoms with E-state index in [1.807, 2.05) is 12.1 Å². The number of H-pyrrole nitrogens is 1. The standard InChI is InChI=1S/C30H30N6/c31-28-19-26(29-30(33-28)35-36-34-29)23(21-11-5-2-6-12-21)17-18-32-27-16-15-22(20-9-3-1-4-10-20)24-13-7-8-14-25(24)27/h1-14,19,22-23,27,32H,15-18H2,(H3,31,33,34,35,36). The van der Waals surface area contributed by atoms with Gasteiger partial charge in [0.15, 0.2) is 5.65 Å². The summed E-state index contributed by atoms with van der Waals surface area (Å²) in [7, 11) is 0. The van der Waals surface area contributed by atoms with E-state index >= 15 is 0 Å². The SMILES string of the molecule is Nc1cc(C(CCNC2CCC(c3ccccc3)c3ccccc32)c2ccccc2)c2nn[nH]c2n1. The first-order valence-corrected chi connectivity index (χ1v) is 12.7. The molecule has 3 atom stereocenters. The molecule has 1 aliphatic carbocycles. The Hall–Kier alpha value is -4.03. The van der Waals surface area contributed by atoms with E-state index in [1.54, 1.807) is 0 Å². The van der Waals surface area contributed by atoms with Gasteiger partial charge < -0.3 is 11.1 Å². The van der Waals surface area contributed by atoms with E-state index in [9.17, 15) is 0 Å². The topological polar surface area (TPSA) is 92.5 Å². The van der Waals surface area contributed by atoms with Crippen molar-refractivity contribution in [3.05, 3.63) is 119 Å². The van der Waals surface area contributed by atoms with Crippen LogP contribution in [0.25, 0.3) is 11.2 Å². The average Bonchev–Trinajstić information content (AvgIpc) is 3.40. The number of nitrogens with zero attached hydrogens (tertiary/aromatic N) is 3. The molecule has 3 aromatic carbocycles. The van der Waals surface area contributed by atoms with Crippen LogP contribution < -0.4 is 11.1 Å². The molecule has 2 heterocycles. The lowest BCUT2D eigenvalue weighted by molar-refractivity contribution is 0.433. The summed E-state index contributed by atoms with van der Waals surface area (Å²) in [6, 6.07) is 32.7. The number of benzene rings is 3. The molecule has 1 aliphatic rings. The van der Waals surface area contributed by atoms with Gasteiger partial charge in [0.05, 0.1) is 0 Å². The van der Waals surface area contributed by atoms with Crippen LogP contribution in [0.15, 0.2) is 91.0 Å². The number of hydrogen-bond donors (Lipinski definition) is 3. The van der Waals surface area contributed by atoms with Gasteiger partial charge in [-0.15, -0.1) is 5.10 Å². The van der Waals surface area contributed by atoms with Crippen LogP contribution in [0.4, 0.5) is 5.82 Å². The number of nitrogens with two attached hydrogens (primary N) is 1. The molecule has 0 fully saturated rings. The molecule has 6 rings (SSSR count). The summed E-state index contributed by atoms with van der Waals surface area (Å²) in [6.07, 6.45) is 3.17. The van der Waals surface area contributed by atoms with Crippen molar-refractivity contribution in [3.8, 4) is 0 Å². The minimum atomic E-state index is 0.132. The maximum Gasteiger partial charge on any atom is 0.178 e. The van der Waals surface area contributed by atoms with Crippen LogP contribution >= 0.6 is 0 Å². The predicted molar refractivity (Wildman–Crippen MR) is 144 cm³/mol. The summed E-state index contributed by atoms with van der Waals surface area (Å²) in [5.74, 6) is 1.07. The van der Waals surface area contributed by atoms with Gasteiger partial charge in [0.25, 0.3) is 0 Å². The van der Waals surface area contributed by atoms with Gasteiger partial charge in [-0.05, 0) is 59.7 Å². The molecule has 3 unspecified atom stereocenters. The number of rotatable bonds is 7. The highest BCUT2D eigenvalue weighted by molar-refractivity contribution is 5.77. The van der Waals surface area contributed by atoms with E-state index in [4.69, 9.17) is 5.73 Å². The average molecular weight is 475 g/mol. The zero-order valence-corrected chi connectivity index (χ0v) is 20.1. The Morgan fingerprint density at radius 3 is 2.42 bits per heavy atom. The number of hydrogen-bond acceptors (Lipinski definition) is 5. The Labute approximate surface area is 211 Å². The quantitative estimate of drug-likeness (QED) is 0.281. The lowest BCUT2D eigenvalue weighted by atomic mass is 9.76. The molecule has 2 aromatic heterocycles. The van der Waals surface area contributed by atoms with E-state index < -0.39 is 0 Å². The molecule has 180 valence electrons. The van der Waals surface area contributed by atoms with Crippen LogP contribution in [-0.2, 0) is 0 Å². The Kier molecular flexibility index (Phi) is 6.18. The van der Waals surface area contributed by atoms with E-state index in [1.165, 1.54) is 22.3 Å². The van der Waals surface area contributed by atoms with Gasteiger partial charge in [0.1, 0.15) is 11.3 Å². The number of pyridine rings is 1. The Balaban J connectivity index is 1.25. The van der Waals surface area contributed by atoms with Gasteiger partial charge in [-0.3, -0.25) is 0 Å². The molecule has 4 N–H and O–H groups in total. The van der Waals surface area contributed by atoms with Crippen molar-refractivity contribution in [2.24, 2.45) is 0 Å². The maximum atomic E-state index is 6.16. The third kappa shape index (κ3) is 4.36. The number of fused-ring (bicyclic) bond motifs is 2. The number of anilines is 1. The van der Waals surface area contributed by atoms with Crippen LogP contribution in [-0.4, -0.2) is 26.9 Å². The van der Waals surface area contributed by atoms with Crippen LogP contribution in [0.2, 0.25) is 0 Å². The number of aromatic amines is 1. The van der Waals surface area contributed by atoms with E-state index in [0.29, 0.717) is 23.4 Å². The normalized spacial score (nSPS) is 18.1. The van der Waals surface area contributed by atoms with Crippen molar-refractivity contribution in [1.29, 1.82) is 0 Å². The van der Waals surface area contributed by atoms with Crippen LogP contribution in [0, 0.1) is 0 Å². The van der Waals surface area contributed by atoms with Gasteiger partial charge in [-0.1, -0.05) is 90.1 Å². The monoisotopic (exact) mass is 474 g/mol. The summed E-state index contributed by atoms with van der Waals surface area (Å²) in [5, 5.41) is 15.1. The highest BCUT2D eigenvalue weighted by Crippen LogP contribution is 2.41. The molecule has 36 heavy (non-hydrogen) atoms. The van der Waals surface area contributed by atoms with Gasteiger partial charge in [-0.25, -0.2) is 10.1 Å². The third-order valence-corrected chi connectivity index (χ3v) is 7.44. The molecule has 0 bridgehead atoms. The zero-order valence-electron chi connectivity index (χ0n) is 20.1. The van der Waals surface area contributed by atoms with Crippen molar-refractivity contribution in [2.75, 3.05) is 12.3 Å². The minimum absolute atomic E-state index is 0.132. The number of aromatic nitrogens is 4. The first-order chi connectivity index (χ1) is 17.8. The number of nitrogen functional groups attached to an aromatic ring is 1. The molecule has 0 saturated heterocycles. The summed E-state index contributed by atoms with van der Waals surface area (Å²) >= 11 is 0. The smallest absolute Gasteiger partial charge is 0.178 e. The summed E-state index contributed by atoms with van der Waals surface area (Å²) in [5.41, 5.74) is 14.1. The van der Waals surface area contributed by atoms with Crippen molar-refractivity contribution < 1.29 is 0 Å². The predicted octanol–water partition coefficient (Wildman–Crippen LogP) is 5.71. The highest BCUT2D eigenvalue weighted by Gasteiger charge is 2.28. The van der Waals surface area contributed by atoms with Crippen molar-refractivity contribution in [3.63, 3.8) is 0 Å². The van der Waals surface area contributed by atoms with Gasteiger partial charge in [0.2, 0.25) is 0 Å². The Morgan fingerprint density at radius 2 is 1.61 bits per heavy atom. The molecule has 5 aromatic rings. The first kappa shape index (κ1) is 22.4. The van der Waals surface area contributed by atoms with Crippen LogP contribution in [0.5, 0.6) is 0 Å². The largest absolute Gasteiger partial charge is 0.384 e. The van der Waals surface area contributed by atoms with Gasteiger partial charge >= 0.3 is 0 Å². The van der Waals surface area contributed by atoms with Gasteiger partial charge in [-0.2, -0.15) is 0 Å². The van der Waals surface area contributed by atoms with Crippen LogP contribution in [0.1, 0.15) is 65.0 Å². The Bertz CT molecular complexity index is 1450. The summed E-state index contributed by atoms with van der Waals surface area (Å²) < 4.78 is 0. The molecular formula is C30H30N6. The number of nitrogens with one attached hydrogen (secondary N) is 2. The maximum absolute atomic E-state index is 6.16. The molecule has 0 radical (unpaired) electrons. The second-order valence-electron chi connectivity index (χ2n) is 9.57. The fourth-order valence-electron chi connectivity index (χ4n) is 5.77. The minimum Gasteiger partial charge on any atom is -0.384 e. The first-order valence-electron chi connectivity index (χ1n) is 12.7. The summed E-state index contributed by atoms with van der Waals surface area (Å²) in [6.45, 7) is 0.871. The lowest BCUT2D eigenvalue weighted by Gasteiger charge is -2.33. The van der Waals surface area contributed by atoms with Crippen molar-refractivity contribution in [1.82, 2.24) is 25.7 Å². The summed E-state index contributed by atoms with van der Waals surface area (Å²) in [4.78, 5) is 4.36. The zero-order chi connectivity index (χ0) is 24.3. The molecule has 0 amide bonds. The van der Waals surface area contributed by atoms with Crippen molar-refractivity contribution >= 4 is 17.0 Å². The lowest BCUT2D eigenvalue weighted by Crippen LogP contribution is -2.28. The molecule has 0 aliphatic heterocycles. The molecular weight excluding hydrogens is 444 g/mol. The Morgan fingerprint density at radius 1 is 0.889 bits per heavy atom. The fourth-order valence-corrected chi connectivity index (χ4v) is 5.77. The van der Waals surface area contributed by atoms with E-state index in [2.05, 4.69) is 105 Å². The van der Waals surface area contributed by atoms with Crippen molar-refractivity contribution in [2.45, 2.75) is 37.1 Å². The second-order valence-corrected chi connectivity index (χ2v) is 9.57. The third-order valence-electron chi connectivity index (χ3n) is 7.44. The molecule has 6 heteroatoms. The molecule has 6 nitrogen and oxygen atoms in total. The van der Waals surface area contributed by atoms with Gasteiger partial charge in [0, 0.05) is 17.9 Å². The second kappa shape index (κ2) is 9.91. The molecule has 0 spiro atoms. The molecule has 0 saturated carbocycles.